The van der Waals surface area contributed by atoms with Gasteiger partial charge >= 0.3 is 0 Å². The number of sulfonamides is 1. The Hall–Kier alpha value is -3.51. The van der Waals surface area contributed by atoms with Crippen LogP contribution in [-0.2, 0) is 14.8 Å². The second-order valence-corrected chi connectivity index (χ2v) is 10.1. The van der Waals surface area contributed by atoms with Gasteiger partial charge in [-0.25, -0.2) is 8.42 Å². The Balaban J connectivity index is 1.44. The van der Waals surface area contributed by atoms with E-state index in [0.29, 0.717) is 41.3 Å². The zero-order valence-electron chi connectivity index (χ0n) is 18.9. The molecule has 0 spiro atoms. The molecule has 12 heteroatoms. The molecular weight excluding hydrogens is 460 g/mol. The van der Waals surface area contributed by atoms with E-state index < -0.39 is 15.9 Å². The molecule has 2 amide bonds. The van der Waals surface area contributed by atoms with Crippen LogP contribution < -0.4 is 15.5 Å². The Labute approximate surface area is 197 Å². The SMILES string of the molecule is CNC(=O)c1ccc(NC(=O)COn2nnc3ccc(S(=O)(=O)N4CCCC(C)C4)cc32)cc1. The van der Waals surface area contributed by atoms with Gasteiger partial charge in [0, 0.05) is 31.4 Å². The molecule has 2 N–H and O–H groups in total. The van der Waals surface area contributed by atoms with E-state index in [4.69, 9.17) is 4.84 Å². The van der Waals surface area contributed by atoms with Gasteiger partial charge in [-0.05, 0) is 66.4 Å². The maximum absolute atomic E-state index is 13.1. The van der Waals surface area contributed by atoms with Crippen LogP contribution in [0.1, 0.15) is 30.1 Å². The van der Waals surface area contributed by atoms with Crippen LogP contribution >= 0.6 is 0 Å². The van der Waals surface area contributed by atoms with Gasteiger partial charge in [-0.15, -0.1) is 5.10 Å². The fourth-order valence-corrected chi connectivity index (χ4v) is 5.43. The number of carbonyl (C=O) groups is 2. The molecule has 1 aliphatic rings. The van der Waals surface area contributed by atoms with E-state index in [1.54, 1.807) is 30.3 Å². The maximum atomic E-state index is 13.1. The van der Waals surface area contributed by atoms with E-state index in [2.05, 4.69) is 20.9 Å². The number of nitrogens with one attached hydrogen (secondary N) is 2. The number of aromatic nitrogens is 3. The summed E-state index contributed by atoms with van der Waals surface area (Å²) in [5.41, 5.74) is 1.74. The normalized spacial score (nSPS) is 16.8. The highest BCUT2D eigenvalue weighted by molar-refractivity contribution is 7.89. The number of fused-ring (bicyclic) bond motifs is 1. The van der Waals surface area contributed by atoms with Gasteiger partial charge in [0.15, 0.2) is 6.61 Å². The van der Waals surface area contributed by atoms with Gasteiger partial charge in [0.1, 0.15) is 11.0 Å². The van der Waals surface area contributed by atoms with Crippen LogP contribution in [-0.4, -0.2) is 66.4 Å². The third-order valence-corrected chi connectivity index (χ3v) is 7.48. The molecule has 2 aromatic carbocycles. The summed E-state index contributed by atoms with van der Waals surface area (Å²) in [4.78, 5) is 30.5. The fraction of sp³-hybridized carbons (Fsp3) is 0.364. The molecule has 1 atom stereocenters. The Kier molecular flexibility index (Phi) is 6.80. The van der Waals surface area contributed by atoms with Crippen LogP contribution in [0, 0.1) is 5.92 Å². The zero-order chi connectivity index (χ0) is 24.3. The Morgan fingerprint density at radius 3 is 2.65 bits per heavy atom. The number of benzene rings is 2. The van der Waals surface area contributed by atoms with Crippen molar-refractivity contribution < 1.29 is 22.8 Å². The summed E-state index contributed by atoms with van der Waals surface area (Å²) in [6, 6.07) is 10.9. The second kappa shape index (κ2) is 9.77. The Bertz CT molecular complexity index is 1310. The van der Waals surface area contributed by atoms with Crippen LogP contribution in [0.15, 0.2) is 47.4 Å². The first-order valence-electron chi connectivity index (χ1n) is 10.9. The van der Waals surface area contributed by atoms with E-state index in [1.165, 1.54) is 23.5 Å². The number of hydrogen-bond donors (Lipinski definition) is 2. The highest BCUT2D eigenvalue weighted by Gasteiger charge is 2.29. The minimum absolute atomic E-state index is 0.127. The zero-order valence-corrected chi connectivity index (χ0v) is 19.7. The van der Waals surface area contributed by atoms with Gasteiger partial charge in [0.25, 0.3) is 11.8 Å². The van der Waals surface area contributed by atoms with Gasteiger partial charge < -0.3 is 15.5 Å². The van der Waals surface area contributed by atoms with Crippen molar-refractivity contribution in [1.29, 1.82) is 0 Å². The first-order valence-corrected chi connectivity index (χ1v) is 12.3. The molecule has 2 heterocycles. The van der Waals surface area contributed by atoms with E-state index in [9.17, 15) is 18.0 Å². The Morgan fingerprint density at radius 2 is 1.94 bits per heavy atom. The number of nitrogens with zero attached hydrogens (tertiary/aromatic N) is 4. The summed E-state index contributed by atoms with van der Waals surface area (Å²) in [7, 11) is -2.13. The monoisotopic (exact) mass is 486 g/mol. The highest BCUT2D eigenvalue weighted by atomic mass is 32.2. The van der Waals surface area contributed by atoms with Gasteiger partial charge in [0.2, 0.25) is 10.0 Å². The standard InChI is InChI=1S/C22H26N6O5S/c1-15-4-3-11-27(13-15)34(31,32)18-9-10-19-20(12-18)28(26-25-19)33-14-21(29)24-17-7-5-16(6-8-17)22(30)23-2/h5-10,12,15H,3-4,11,13-14H2,1-2H3,(H,23,30)(H,24,29). The van der Waals surface area contributed by atoms with Crippen molar-refractivity contribution in [2.75, 3.05) is 32.1 Å². The lowest BCUT2D eigenvalue weighted by molar-refractivity contribution is -0.121. The molecule has 0 bridgehead atoms. The summed E-state index contributed by atoms with van der Waals surface area (Å²) >= 11 is 0. The lowest BCUT2D eigenvalue weighted by atomic mass is 10.0. The van der Waals surface area contributed by atoms with E-state index >= 15 is 0 Å². The molecule has 34 heavy (non-hydrogen) atoms. The third-order valence-electron chi connectivity index (χ3n) is 5.62. The number of hydrogen-bond acceptors (Lipinski definition) is 7. The predicted molar refractivity (Wildman–Crippen MR) is 125 cm³/mol. The summed E-state index contributed by atoms with van der Waals surface area (Å²) in [6.45, 7) is 2.64. The van der Waals surface area contributed by atoms with Gasteiger partial charge in [-0.3, -0.25) is 9.59 Å². The maximum Gasteiger partial charge on any atom is 0.265 e. The van der Waals surface area contributed by atoms with E-state index in [1.807, 2.05) is 6.92 Å². The molecule has 0 aliphatic carbocycles. The molecule has 0 radical (unpaired) electrons. The minimum Gasteiger partial charge on any atom is -0.385 e. The third kappa shape index (κ3) is 5.02. The van der Waals surface area contributed by atoms with Crippen molar-refractivity contribution in [1.82, 2.24) is 24.8 Å². The van der Waals surface area contributed by atoms with Crippen molar-refractivity contribution in [2.45, 2.75) is 24.7 Å². The molecule has 1 aromatic heterocycles. The van der Waals surface area contributed by atoms with E-state index in [-0.39, 0.29) is 17.4 Å². The first-order chi connectivity index (χ1) is 16.3. The molecule has 4 rings (SSSR count). The van der Waals surface area contributed by atoms with Crippen LogP contribution in [0.2, 0.25) is 0 Å². The number of amides is 2. The number of anilines is 1. The van der Waals surface area contributed by atoms with Gasteiger partial charge in [-0.1, -0.05) is 11.8 Å². The van der Waals surface area contributed by atoms with Crippen molar-refractivity contribution in [3.8, 4) is 0 Å². The molecule has 180 valence electrons. The molecule has 3 aromatic rings. The summed E-state index contributed by atoms with van der Waals surface area (Å²) < 4.78 is 27.7. The molecule has 1 aliphatic heterocycles. The van der Waals surface area contributed by atoms with Gasteiger partial charge in [0.05, 0.1) is 4.90 Å². The van der Waals surface area contributed by atoms with Crippen molar-refractivity contribution in [3.63, 3.8) is 0 Å². The molecule has 1 fully saturated rings. The molecule has 1 saturated heterocycles. The average Bonchev–Trinajstić information content (AvgIpc) is 3.25. The number of carbonyl (C=O) groups excluding carboxylic acids is 2. The Morgan fingerprint density at radius 1 is 1.18 bits per heavy atom. The molecular formula is C22H26N6O5S. The fourth-order valence-electron chi connectivity index (χ4n) is 3.81. The second-order valence-electron chi connectivity index (χ2n) is 8.20. The van der Waals surface area contributed by atoms with Crippen molar-refractivity contribution in [3.05, 3.63) is 48.0 Å². The number of piperidine rings is 1. The largest absolute Gasteiger partial charge is 0.385 e. The lowest BCUT2D eigenvalue weighted by Crippen LogP contribution is -2.39. The summed E-state index contributed by atoms with van der Waals surface area (Å²) in [5.74, 6) is -0.376. The van der Waals surface area contributed by atoms with Gasteiger partial charge in [-0.2, -0.15) is 4.31 Å². The molecule has 1 unspecified atom stereocenters. The van der Waals surface area contributed by atoms with Crippen LogP contribution in [0.3, 0.4) is 0 Å². The van der Waals surface area contributed by atoms with Crippen LogP contribution in [0.25, 0.3) is 11.0 Å². The smallest absolute Gasteiger partial charge is 0.265 e. The summed E-state index contributed by atoms with van der Waals surface area (Å²) in [5, 5.41) is 13.0. The molecule has 0 saturated carbocycles. The van der Waals surface area contributed by atoms with Crippen LogP contribution in [0.4, 0.5) is 5.69 Å². The van der Waals surface area contributed by atoms with Crippen LogP contribution in [0.5, 0.6) is 0 Å². The lowest BCUT2D eigenvalue weighted by Gasteiger charge is -2.30. The number of rotatable bonds is 7. The van der Waals surface area contributed by atoms with E-state index in [0.717, 1.165) is 17.7 Å². The highest BCUT2D eigenvalue weighted by Crippen LogP contribution is 2.25. The van der Waals surface area contributed by atoms with Crippen molar-refractivity contribution >= 4 is 38.6 Å². The molecule has 11 nitrogen and oxygen atoms in total. The summed E-state index contributed by atoms with van der Waals surface area (Å²) in [6.07, 6.45) is 1.84. The first kappa shape index (κ1) is 23.6. The topological polar surface area (TPSA) is 136 Å². The predicted octanol–water partition coefficient (Wildman–Crippen LogP) is 1.28. The minimum atomic E-state index is -3.66. The van der Waals surface area contributed by atoms with Crippen molar-refractivity contribution in [2.24, 2.45) is 5.92 Å². The quantitative estimate of drug-likeness (QED) is 0.513. The average molecular weight is 487 g/mol.